The smallest absolute Gasteiger partial charge is 0.262 e. The summed E-state index contributed by atoms with van der Waals surface area (Å²) < 4.78 is 3.77. The number of aromatic nitrogens is 4. The molecule has 0 N–H and O–H groups in total. The van der Waals surface area contributed by atoms with Gasteiger partial charge in [-0.25, -0.2) is 0 Å². The average Bonchev–Trinajstić information content (AvgIpc) is 3.09. The molecule has 28 heavy (non-hydrogen) atoms. The molecular formula is C22H24N4OS. The zero-order valence-electron chi connectivity index (χ0n) is 16.6. The molecule has 0 aliphatic rings. The Hall–Kier alpha value is -2.60. The maximum atomic E-state index is 13.0. The first-order valence-electron chi connectivity index (χ1n) is 9.51. The quantitative estimate of drug-likeness (QED) is 0.466. The fraction of sp³-hybridized carbons (Fsp3) is 0.318. The number of rotatable bonds is 5. The van der Waals surface area contributed by atoms with Crippen molar-refractivity contribution in [3.05, 3.63) is 69.5 Å². The van der Waals surface area contributed by atoms with Crippen LogP contribution in [0.4, 0.5) is 0 Å². The van der Waals surface area contributed by atoms with E-state index in [0.29, 0.717) is 23.6 Å². The lowest BCUT2D eigenvalue weighted by Crippen LogP contribution is -2.25. The number of fused-ring (bicyclic) bond motifs is 3. The summed E-state index contributed by atoms with van der Waals surface area (Å²) in [5, 5.41) is 10.3. The van der Waals surface area contributed by atoms with Gasteiger partial charge < -0.3 is 0 Å². The second-order valence-corrected chi connectivity index (χ2v) is 8.61. The summed E-state index contributed by atoms with van der Waals surface area (Å²) in [5.41, 5.74) is 4.67. The van der Waals surface area contributed by atoms with Crippen molar-refractivity contribution in [3.63, 3.8) is 0 Å². The van der Waals surface area contributed by atoms with Crippen LogP contribution in [0.15, 0.2) is 52.4 Å². The van der Waals surface area contributed by atoms with Gasteiger partial charge in [0.15, 0.2) is 5.16 Å². The average molecular weight is 393 g/mol. The van der Waals surface area contributed by atoms with E-state index in [9.17, 15) is 4.79 Å². The van der Waals surface area contributed by atoms with Crippen LogP contribution in [-0.2, 0) is 12.3 Å². The van der Waals surface area contributed by atoms with E-state index in [-0.39, 0.29) is 5.56 Å². The van der Waals surface area contributed by atoms with Crippen molar-refractivity contribution in [1.29, 1.82) is 0 Å². The van der Waals surface area contributed by atoms with Gasteiger partial charge in [-0.2, -0.15) is 0 Å². The van der Waals surface area contributed by atoms with Gasteiger partial charge in [0, 0.05) is 12.3 Å². The lowest BCUT2D eigenvalue weighted by Gasteiger charge is -2.13. The van der Waals surface area contributed by atoms with Crippen LogP contribution in [0.1, 0.15) is 30.5 Å². The van der Waals surface area contributed by atoms with Crippen LogP contribution < -0.4 is 5.56 Å². The fourth-order valence-electron chi connectivity index (χ4n) is 3.45. The highest BCUT2D eigenvalue weighted by Gasteiger charge is 2.17. The van der Waals surface area contributed by atoms with E-state index in [0.717, 1.165) is 16.4 Å². The Labute approximate surface area is 168 Å². The number of hydrogen-bond donors (Lipinski definition) is 0. The minimum Gasteiger partial charge on any atom is -0.276 e. The van der Waals surface area contributed by atoms with Crippen molar-refractivity contribution in [1.82, 2.24) is 19.2 Å². The third-order valence-corrected chi connectivity index (χ3v) is 5.87. The van der Waals surface area contributed by atoms with Crippen molar-refractivity contribution in [2.45, 2.75) is 45.1 Å². The van der Waals surface area contributed by atoms with Crippen LogP contribution in [0, 0.1) is 19.8 Å². The van der Waals surface area contributed by atoms with E-state index in [1.807, 2.05) is 28.7 Å². The molecule has 0 spiro atoms. The molecule has 0 bridgehead atoms. The first-order chi connectivity index (χ1) is 13.5. The molecule has 144 valence electrons. The maximum absolute atomic E-state index is 13.0. The Balaban J connectivity index is 1.85. The second-order valence-electron chi connectivity index (χ2n) is 7.66. The van der Waals surface area contributed by atoms with Crippen molar-refractivity contribution in [2.75, 3.05) is 0 Å². The summed E-state index contributed by atoms with van der Waals surface area (Å²) in [6.07, 6.45) is 0. The molecule has 4 aromatic rings. The van der Waals surface area contributed by atoms with Crippen molar-refractivity contribution < 1.29 is 0 Å². The number of aryl methyl sites for hydroxylation is 2. The Morgan fingerprint density at radius 3 is 2.64 bits per heavy atom. The number of hydrogen-bond acceptors (Lipinski definition) is 4. The number of para-hydroxylation sites is 1. The summed E-state index contributed by atoms with van der Waals surface area (Å²) in [6, 6.07) is 14.2. The molecule has 0 saturated heterocycles. The number of thioether (sulfide) groups is 1. The fourth-order valence-corrected chi connectivity index (χ4v) is 4.46. The van der Waals surface area contributed by atoms with Crippen LogP contribution in [0.5, 0.6) is 0 Å². The molecule has 0 atom stereocenters. The molecule has 5 nitrogen and oxygen atoms in total. The molecule has 4 rings (SSSR count). The van der Waals surface area contributed by atoms with E-state index in [2.05, 4.69) is 56.1 Å². The minimum atomic E-state index is -0.00437. The van der Waals surface area contributed by atoms with Gasteiger partial charge in [-0.3, -0.25) is 13.8 Å². The van der Waals surface area contributed by atoms with Crippen LogP contribution in [0.2, 0.25) is 0 Å². The summed E-state index contributed by atoms with van der Waals surface area (Å²) in [6.45, 7) is 9.06. The van der Waals surface area contributed by atoms with E-state index in [1.165, 1.54) is 16.7 Å². The van der Waals surface area contributed by atoms with Crippen molar-refractivity contribution >= 4 is 28.4 Å². The van der Waals surface area contributed by atoms with Gasteiger partial charge in [-0.05, 0) is 43.0 Å². The molecule has 6 heteroatoms. The SMILES string of the molecule is Cc1ccc(C)c(CSc2nnc3n(CC(C)C)c(=O)c4ccccc4n23)c1. The van der Waals surface area contributed by atoms with Gasteiger partial charge in [-0.1, -0.05) is 61.5 Å². The van der Waals surface area contributed by atoms with Gasteiger partial charge in [-0.15, -0.1) is 10.2 Å². The standard InChI is InChI=1S/C22H24N4OS/c1-14(2)12-25-20(27)18-7-5-6-8-19(18)26-21(25)23-24-22(26)28-13-17-11-15(3)9-10-16(17)4/h5-11,14H,12-13H2,1-4H3. The minimum absolute atomic E-state index is 0.00437. The highest BCUT2D eigenvalue weighted by Crippen LogP contribution is 2.26. The predicted octanol–water partition coefficient (Wildman–Crippen LogP) is 4.61. The molecule has 0 fully saturated rings. The van der Waals surface area contributed by atoms with Gasteiger partial charge in [0.1, 0.15) is 0 Å². The normalized spacial score (nSPS) is 11.8. The third kappa shape index (κ3) is 3.33. The maximum Gasteiger partial charge on any atom is 0.262 e. The van der Waals surface area contributed by atoms with Crippen molar-refractivity contribution in [3.8, 4) is 0 Å². The molecule has 0 aliphatic heterocycles. The topological polar surface area (TPSA) is 52.2 Å². The van der Waals surface area contributed by atoms with Crippen LogP contribution >= 0.6 is 11.8 Å². The summed E-state index contributed by atoms with van der Waals surface area (Å²) in [5.74, 6) is 1.76. The van der Waals surface area contributed by atoms with E-state index < -0.39 is 0 Å². The second kappa shape index (κ2) is 7.43. The van der Waals surface area contributed by atoms with Crippen LogP contribution in [0.25, 0.3) is 16.7 Å². The molecule has 0 radical (unpaired) electrons. The molecule has 2 aromatic heterocycles. The predicted molar refractivity (Wildman–Crippen MR) is 115 cm³/mol. The van der Waals surface area contributed by atoms with Crippen LogP contribution in [0.3, 0.4) is 0 Å². The molecular weight excluding hydrogens is 368 g/mol. The Morgan fingerprint density at radius 2 is 1.86 bits per heavy atom. The third-order valence-electron chi connectivity index (χ3n) is 4.89. The van der Waals surface area contributed by atoms with Gasteiger partial charge in [0.25, 0.3) is 5.56 Å². The molecule has 0 aliphatic carbocycles. The van der Waals surface area contributed by atoms with Gasteiger partial charge in [0.2, 0.25) is 5.78 Å². The van der Waals surface area contributed by atoms with Gasteiger partial charge >= 0.3 is 0 Å². The lowest BCUT2D eigenvalue weighted by atomic mass is 10.1. The summed E-state index contributed by atoms with van der Waals surface area (Å²) >= 11 is 1.65. The Bertz CT molecular complexity index is 1220. The first-order valence-corrected chi connectivity index (χ1v) is 10.5. The number of nitrogens with zero attached hydrogens (tertiary/aromatic N) is 4. The zero-order valence-corrected chi connectivity index (χ0v) is 17.5. The van der Waals surface area contributed by atoms with Gasteiger partial charge in [0.05, 0.1) is 10.9 Å². The summed E-state index contributed by atoms with van der Waals surface area (Å²) in [7, 11) is 0. The number of benzene rings is 2. The highest BCUT2D eigenvalue weighted by atomic mass is 32.2. The van der Waals surface area contributed by atoms with E-state index in [4.69, 9.17) is 0 Å². The van der Waals surface area contributed by atoms with E-state index in [1.54, 1.807) is 16.3 Å². The largest absolute Gasteiger partial charge is 0.276 e. The first kappa shape index (κ1) is 18.7. The summed E-state index contributed by atoms with van der Waals surface area (Å²) in [4.78, 5) is 13.0. The van der Waals surface area contributed by atoms with Crippen LogP contribution in [-0.4, -0.2) is 19.2 Å². The molecule has 0 unspecified atom stereocenters. The monoisotopic (exact) mass is 392 g/mol. The zero-order chi connectivity index (χ0) is 19.8. The molecule has 2 heterocycles. The highest BCUT2D eigenvalue weighted by molar-refractivity contribution is 7.98. The lowest BCUT2D eigenvalue weighted by molar-refractivity contribution is 0.517. The Morgan fingerprint density at radius 1 is 1.07 bits per heavy atom. The molecule has 0 amide bonds. The molecule has 0 saturated carbocycles. The van der Waals surface area contributed by atoms with E-state index >= 15 is 0 Å². The Kier molecular flexibility index (Phi) is 4.98. The van der Waals surface area contributed by atoms with Crippen molar-refractivity contribution in [2.24, 2.45) is 5.92 Å². The molecule has 2 aromatic carbocycles.